The molecule has 1 nitrogen and oxygen atoms in total. The minimum atomic E-state index is 0.817. The van der Waals surface area contributed by atoms with Crippen LogP contribution in [-0.2, 0) is 6.54 Å². The predicted octanol–water partition coefficient (Wildman–Crippen LogP) is 2.39. The highest BCUT2D eigenvalue weighted by atomic mass is 32.1. The van der Waals surface area contributed by atoms with Gasteiger partial charge in [0.15, 0.2) is 0 Å². The Labute approximate surface area is 71.4 Å². The van der Waals surface area contributed by atoms with Gasteiger partial charge in [0.2, 0.25) is 0 Å². The van der Waals surface area contributed by atoms with Crippen LogP contribution in [0.25, 0.3) is 0 Å². The molecule has 1 fully saturated rings. The van der Waals surface area contributed by atoms with Crippen LogP contribution in [0.5, 0.6) is 0 Å². The van der Waals surface area contributed by atoms with Crippen molar-refractivity contribution < 1.29 is 0 Å². The Bertz CT molecular complexity index is 201. The third-order valence-corrected chi connectivity index (χ3v) is 3.13. The molecule has 1 N–H and O–H groups in total. The van der Waals surface area contributed by atoms with Crippen LogP contribution in [0, 0.1) is 0 Å². The third-order valence-electron chi connectivity index (χ3n) is 2.25. The van der Waals surface area contributed by atoms with Crippen molar-refractivity contribution in [3.05, 3.63) is 22.4 Å². The van der Waals surface area contributed by atoms with Crippen LogP contribution in [0.3, 0.4) is 0 Å². The van der Waals surface area contributed by atoms with Crippen molar-refractivity contribution in [2.24, 2.45) is 0 Å². The maximum Gasteiger partial charge on any atom is 0.0302 e. The Kier molecular flexibility index (Phi) is 2.24. The average Bonchev–Trinajstić information content (AvgIpc) is 2.36. The van der Waals surface area contributed by atoms with Gasteiger partial charge in [0.05, 0.1) is 0 Å². The normalized spacial score (nSPS) is 18.2. The van der Waals surface area contributed by atoms with E-state index in [1.54, 1.807) is 0 Å². The molecular formula is C9H13NS. The highest BCUT2D eigenvalue weighted by molar-refractivity contribution is 7.09. The SMILES string of the molecule is c1csc(CNC2CCC2)c1. The summed E-state index contributed by atoms with van der Waals surface area (Å²) in [7, 11) is 0. The molecule has 0 bridgehead atoms. The number of hydrogen-bond acceptors (Lipinski definition) is 2. The van der Waals surface area contributed by atoms with Gasteiger partial charge in [-0.05, 0) is 24.3 Å². The zero-order valence-corrected chi connectivity index (χ0v) is 7.36. The van der Waals surface area contributed by atoms with Crippen LogP contribution < -0.4 is 5.32 Å². The molecule has 1 aliphatic rings. The summed E-state index contributed by atoms with van der Waals surface area (Å²) in [5, 5.41) is 5.67. The molecule has 0 radical (unpaired) electrons. The molecule has 1 aliphatic carbocycles. The molecule has 0 atom stereocenters. The van der Waals surface area contributed by atoms with Crippen LogP contribution in [0.15, 0.2) is 17.5 Å². The van der Waals surface area contributed by atoms with Gasteiger partial charge in [-0.2, -0.15) is 0 Å². The standard InChI is InChI=1S/C9H13NS/c1-3-8(4-1)10-7-9-5-2-6-11-9/h2,5-6,8,10H,1,3-4,7H2. The molecule has 60 valence electrons. The lowest BCUT2D eigenvalue weighted by molar-refractivity contribution is 0.339. The molecule has 1 aromatic heterocycles. The molecular weight excluding hydrogens is 154 g/mol. The molecule has 0 saturated heterocycles. The fourth-order valence-corrected chi connectivity index (χ4v) is 1.93. The minimum Gasteiger partial charge on any atom is -0.309 e. The zero-order chi connectivity index (χ0) is 7.52. The third kappa shape index (κ3) is 1.82. The average molecular weight is 167 g/mol. The fraction of sp³-hybridized carbons (Fsp3) is 0.556. The van der Waals surface area contributed by atoms with Crippen LogP contribution in [0.4, 0.5) is 0 Å². The Balaban J connectivity index is 1.74. The number of rotatable bonds is 3. The summed E-state index contributed by atoms with van der Waals surface area (Å²) in [5.41, 5.74) is 0. The summed E-state index contributed by atoms with van der Waals surface area (Å²) in [6.07, 6.45) is 4.18. The van der Waals surface area contributed by atoms with Crippen molar-refractivity contribution >= 4 is 11.3 Å². The fourth-order valence-electron chi connectivity index (χ4n) is 1.27. The van der Waals surface area contributed by atoms with Crippen LogP contribution in [0.1, 0.15) is 24.1 Å². The lowest BCUT2D eigenvalue weighted by Gasteiger charge is -2.26. The van der Waals surface area contributed by atoms with E-state index >= 15 is 0 Å². The summed E-state index contributed by atoms with van der Waals surface area (Å²) < 4.78 is 0. The first-order valence-corrected chi connectivity index (χ1v) is 5.09. The first-order chi connectivity index (χ1) is 5.45. The zero-order valence-electron chi connectivity index (χ0n) is 6.55. The maximum absolute atomic E-state index is 3.53. The van der Waals surface area contributed by atoms with E-state index in [0.717, 1.165) is 12.6 Å². The van der Waals surface area contributed by atoms with Gasteiger partial charge in [-0.15, -0.1) is 11.3 Å². The van der Waals surface area contributed by atoms with Crippen LogP contribution in [0.2, 0.25) is 0 Å². The van der Waals surface area contributed by atoms with E-state index in [-0.39, 0.29) is 0 Å². The minimum absolute atomic E-state index is 0.817. The lowest BCUT2D eigenvalue weighted by atomic mass is 9.93. The number of hydrogen-bond donors (Lipinski definition) is 1. The molecule has 2 heteroatoms. The van der Waals surface area contributed by atoms with Crippen molar-refractivity contribution in [3.63, 3.8) is 0 Å². The summed E-state index contributed by atoms with van der Waals surface area (Å²) in [6, 6.07) is 5.12. The van der Waals surface area contributed by atoms with E-state index < -0.39 is 0 Å². The van der Waals surface area contributed by atoms with Gasteiger partial charge in [0.25, 0.3) is 0 Å². The van der Waals surface area contributed by atoms with E-state index in [1.165, 1.54) is 24.1 Å². The van der Waals surface area contributed by atoms with Crippen molar-refractivity contribution in [1.29, 1.82) is 0 Å². The van der Waals surface area contributed by atoms with Crippen LogP contribution >= 0.6 is 11.3 Å². The van der Waals surface area contributed by atoms with Gasteiger partial charge in [-0.3, -0.25) is 0 Å². The first-order valence-electron chi connectivity index (χ1n) is 4.21. The van der Waals surface area contributed by atoms with Crippen LogP contribution in [-0.4, -0.2) is 6.04 Å². The molecule has 0 unspecified atom stereocenters. The molecule has 0 amide bonds. The van der Waals surface area contributed by atoms with Gasteiger partial charge < -0.3 is 5.32 Å². The Hall–Kier alpha value is -0.340. The van der Waals surface area contributed by atoms with Gasteiger partial charge in [-0.1, -0.05) is 12.5 Å². The monoisotopic (exact) mass is 167 g/mol. The molecule has 11 heavy (non-hydrogen) atoms. The van der Waals surface area contributed by atoms with Gasteiger partial charge in [0.1, 0.15) is 0 Å². The second kappa shape index (κ2) is 3.37. The Morgan fingerprint density at radius 1 is 1.55 bits per heavy atom. The van der Waals surface area contributed by atoms with E-state index in [1.807, 2.05) is 11.3 Å². The topological polar surface area (TPSA) is 12.0 Å². The summed E-state index contributed by atoms with van der Waals surface area (Å²) in [4.78, 5) is 1.46. The van der Waals surface area contributed by atoms with E-state index in [0.29, 0.717) is 0 Å². The quantitative estimate of drug-likeness (QED) is 0.729. The van der Waals surface area contributed by atoms with Crippen molar-refractivity contribution in [1.82, 2.24) is 5.32 Å². The Morgan fingerprint density at radius 2 is 2.45 bits per heavy atom. The molecule has 0 spiro atoms. The lowest BCUT2D eigenvalue weighted by Crippen LogP contribution is -2.34. The van der Waals surface area contributed by atoms with Crippen molar-refractivity contribution in [2.75, 3.05) is 0 Å². The molecule has 1 aromatic rings. The Morgan fingerprint density at radius 3 is 3.00 bits per heavy atom. The van der Waals surface area contributed by atoms with E-state index in [9.17, 15) is 0 Å². The second-order valence-corrected chi connectivity index (χ2v) is 4.12. The predicted molar refractivity (Wildman–Crippen MR) is 48.8 cm³/mol. The van der Waals surface area contributed by atoms with Gasteiger partial charge >= 0.3 is 0 Å². The number of nitrogens with one attached hydrogen (secondary N) is 1. The van der Waals surface area contributed by atoms with Gasteiger partial charge in [-0.25, -0.2) is 0 Å². The summed E-state index contributed by atoms with van der Waals surface area (Å²) in [5.74, 6) is 0. The highest BCUT2D eigenvalue weighted by Crippen LogP contribution is 2.19. The highest BCUT2D eigenvalue weighted by Gasteiger charge is 2.15. The molecule has 0 aromatic carbocycles. The maximum atomic E-state index is 3.53. The number of thiophene rings is 1. The van der Waals surface area contributed by atoms with Crippen molar-refractivity contribution in [3.8, 4) is 0 Å². The molecule has 1 heterocycles. The first kappa shape index (κ1) is 7.32. The second-order valence-electron chi connectivity index (χ2n) is 3.09. The largest absolute Gasteiger partial charge is 0.309 e. The van der Waals surface area contributed by atoms with E-state index in [4.69, 9.17) is 0 Å². The summed E-state index contributed by atoms with van der Waals surface area (Å²) in [6.45, 7) is 1.07. The van der Waals surface area contributed by atoms with Crippen molar-refractivity contribution in [2.45, 2.75) is 31.8 Å². The smallest absolute Gasteiger partial charge is 0.0302 e. The molecule has 2 rings (SSSR count). The van der Waals surface area contributed by atoms with Gasteiger partial charge in [0, 0.05) is 17.5 Å². The van der Waals surface area contributed by atoms with E-state index in [2.05, 4.69) is 22.8 Å². The summed E-state index contributed by atoms with van der Waals surface area (Å²) >= 11 is 1.84. The molecule has 0 aliphatic heterocycles. The molecule has 1 saturated carbocycles.